The number of aryl methyl sites for hydroxylation is 3. The van der Waals surface area contributed by atoms with Crippen LogP contribution in [0.3, 0.4) is 0 Å². The maximum absolute atomic E-state index is 13.2. The second-order valence-corrected chi connectivity index (χ2v) is 10.2. The highest BCUT2D eigenvalue weighted by molar-refractivity contribution is 5.81. The van der Waals surface area contributed by atoms with Crippen LogP contribution in [-0.2, 0) is 24.1 Å². The first-order valence-electron chi connectivity index (χ1n) is 14.4. The van der Waals surface area contributed by atoms with E-state index >= 15 is 0 Å². The van der Waals surface area contributed by atoms with E-state index in [1.54, 1.807) is 0 Å². The number of likely N-dealkylation sites (tertiary alicyclic amines) is 1. The molecule has 5 rings (SSSR count). The zero-order valence-corrected chi connectivity index (χ0v) is 23.8. The molecule has 8 heteroatoms. The van der Waals surface area contributed by atoms with Gasteiger partial charge in [-0.05, 0) is 99.5 Å². The first-order valence-corrected chi connectivity index (χ1v) is 14.4. The third-order valence-electron chi connectivity index (χ3n) is 7.33. The number of anilines is 1. The van der Waals surface area contributed by atoms with Crippen LogP contribution in [0.2, 0.25) is 0 Å². The minimum absolute atomic E-state index is 0.160. The molecule has 3 aliphatic heterocycles. The van der Waals surface area contributed by atoms with Crippen molar-refractivity contribution in [3.8, 4) is 11.5 Å². The Morgan fingerprint density at radius 1 is 0.923 bits per heavy atom. The highest BCUT2D eigenvalue weighted by atomic mass is 19.3. The topological polar surface area (TPSA) is 68.0 Å². The van der Waals surface area contributed by atoms with Gasteiger partial charge in [0, 0.05) is 25.7 Å². The Morgan fingerprint density at radius 2 is 1.59 bits per heavy atom. The molecular formula is C31H45F2N3O3. The molecule has 6 nitrogen and oxygen atoms in total. The van der Waals surface area contributed by atoms with Gasteiger partial charge in [0.2, 0.25) is 0 Å². The number of halogens is 2. The van der Waals surface area contributed by atoms with Gasteiger partial charge >= 0.3 is 5.92 Å². The lowest BCUT2D eigenvalue weighted by Crippen LogP contribution is -2.35. The van der Waals surface area contributed by atoms with Crippen molar-refractivity contribution in [3.05, 3.63) is 53.1 Å². The molecule has 0 radical (unpaired) electrons. The Labute approximate surface area is 232 Å². The van der Waals surface area contributed by atoms with Gasteiger partial charge in [-0.25, -0.2) is 0 Å². The number of carbonyl (C=O) groups excluding carboxylic acids is 1. The minimum Gasteiger partial charge on any atom is -0.486 e. The molecule has 0 aliphatic carbocycles. The quantitative estimate of drug-likeness (QED) is 0.465. The number of hydrogen-bond donors (Lipinski definition) is 1. The number of rotatable bonds is 8. The number of ether oxygens (including phenoxy) is 2. The fourth-order valence-electron chi connectivity index (χ4n) is 5.17. The molecule has 3 heterocycles. The first kappa shape index (κ1) is 30.7. The van der Waals surface area contributed by atoms with Gasteiger partial charge < -0.3 is 25.0 Å². The smallest absolute Gasteiger partial charge is 0.324 e. The van der Waals surface area contributed by atoms with E-state index < -0.39 is 18.3 Å². The second kappa shape index (κ2) is 15.1. The average Bonchev–Trinajstić information content (AvgIpc) is 3.47. The van der Waals surface area contributed by atoms with E-state index in [0.717, 1.165) is 48.6 Å². The molecular weight excluding hydrogens is 500 g/mol. The molecule has 0 spiro atoms. The molecule has 3 aliphatic rings. The predicted octanol–water partition coefficient (Wildman–Crippen LogP) is 5.63. The van der Waals surface area contributed by atoms with E-state index in [-0.39, 0.29) is 6.42 Å². The van der Waals surface area contributed by atoms with E-state index in [1.807, 2.05) is 45.2 Å². The van der Waals surface area contributed by atoms with E-state index in [1.165, 1.54) is 50.0 Å². The van der Waals surface area contributed by atoms with Crippen LogP contribution in [0, 0.1) is 0 Å². The summed E-state index contributed by atoms with van der Waals surface area (Å²) >= 11 is 0. The van der Waals surface area contributed by atoms with Crippen molar-refractivity contribution in [2.75, 3.05) is 51.3 Å². The normalized spacial score (nSPS) is 16.4. The van der Waals surface area contributed by atoms with Crippen molar-refractivity contribution >= 4 is 11.6 Å². The van der Waals surface area contributed by atoms with Gasteiger partial charge in [0.1, 0.15) is 13.2 Å². The Bertz CT molecular complexity index is 1060. The summed E-state index contributed by atoms with van der Waals surface area (Å²) in [5, 5.41) is 0. The van der Waals surface area contributed by atoms with Crippen molar-refractivity contribution in [2.45, 2.75) is 71.1 Å². The van der Waals surface area contributed by atoms with E-state index in [4.69, 9.17) is 9.47 Å². The molecule has 0 aromatic heterocycles. The largest absolute Gasteiger partial charge is 0.486 e. The van der Waals surface area contributed by atoms with Gasteiger partial charge in [-0.15, -0.1) is 0 Å². The molecule has 1 amide bonds. The summed E-state index contributed by atoms with van der Waals surface area (Å²) in [5.74, 6) is -3.16. The van der Waals surface area contributed by atoms with Crippen LogP contribution < -0.4 is 20.1 Å². The van der Waals surface area contributed by atoms with Crippen molar-refractivity contribution in [3.63, 3.8) is 0 Å². The van der Waals surface area contributed by atoms with E-state index in [0.29, 0.717) is 13.2 Å². The van der Waals surface area contributed by atoms with Crippen LogP contribution in [0.1, 0.15) is 62.6 Å². The number of fused-ring (bicyclic) bond motifs is 2. The van der Waals surface area contributed by atoms with Crippen LogP contribution in [0.4, 0.5) is 14.5 Å². The summed E-state index contributed by atoms with van der Waals surface area (Å²) in [6, 6.07) is 12.1. The maximum atomic E-state index is 13.2. The van der Waals surface area contributed by atoms with Crippen LogP contribution in [-0.4, -0.2) is 63.2 Å². The summed E-state index contributed by atoms with van der Waals surface area (Å²) in [7, 11) is 2.03. The third kappa shape index (κ3) is 9.09. The third-order valence-corrected chi connectivity index (χ3v) is 7.33. The van der Waals surface area contributed by atoms with Gasteiger partial charge in [0.15, 0.2) is 11.5 Å². The maximum Gasteiger partial charge on any atom is 0.324 e. The standard InChI is InChI=1S/C15H21NO2.C14H18F2N2O.C2H6/c1-2-8-16(7-1)9-3-4-13-5-6-14-15(12-13)18-11-10-17-14;1-18-8-2-3-11-9-10(4-5-12(11)18)6-7-14(15,16)13(17)19;1-2/h5-6,12H,1-4,7-11H2;4-5,9H,2-3,6-8H2,1H3,(H2,17,19);1-2H3. The van der Waals surface area contributed by atoms with Crippen molar-refractivity contribution in [1.29, 1.82) is 0 Å². The number of hydrogen-bond acceptors (Lipinski definition) is 5. The molecule has 2 aromatic carbocycles. The van der Waals surface area contributed by atoms with Crippen molar-refractivity contribution in [2.24, 2.45) is 5.73 Å². The minimum atomic E-state index is -3.42. The summed E-state index contributed by atoms with van der Waals surface area (Å²) in [4.78, 5) is 15.3. The van der Waals surface area contributed by atoms with Gasteiger partial charge in [0.05, 0.1) is 0 Å². The Morgan fingerprint density at radius 3 is 2.31 bits per heavy atom. The highest BCUT2D eigenvalue weighted by Crippen LogP contribution is 2.31. The van der Waals surface area contributed by atoms with Crippen molar-refractivity contribution in [1.82, 2.24) is 4.90 Å². The fraction of sp³-hybridized carbons (Fsp3) is 0.581. The number of nitrogens with two attached hydrogens (primary N) is 1. The first-order chi connectivity index (χ1) is 18.8. The summed E-state index contributed by atoms with van der Waals surface area (Å²) < 4.78 is 37.4. The molecule has 216 valence electrons. The monoisotopic (exact) mass is 545 g/mol. The van der Waals surface area contributed by atoms with Gasteiger partial charge in [-0.3, -0.25) is 4.79 Å². The van der Waals surface area contributed by atoms with Gasteiger partial charge in [0.25, 0.3) is 5.91 Å². The summed E-state index contributed by atoms with van der Waals surface area (Å²) in [5.41, 5.74) is 9.21. The van der Waals surface area contributed by atoms with Gasteiger partial charge in [-0.2, -0.15) is 8.78 Å². The summed E-state index contributed by atoms with van der Waals surface area (Å²) in [6.07, 6.45) is 6.80. The SMILES string of the molecule is CC.CN1CCCc2cc(CCC(F)(F)C(N)=O)ccc21.c1cc2c(cc1CCCN1CCCC1)OCCO2. The number of carbonyl (C=O) groups is 1. The van der Waals surface area contributed by atoms with Crippen LogP contribution in [0.5, 0.6) is 11.5 Å². The van der Waals surface area contributed by atoms with Crippen LogP contribution in [0.15, 0.2) is 36.4 Å². The number of amides is 1. The molecule has 0 unspecified atom stereocenters. The second-order valence-electron chi connectivity index (χ2n) is 10.2. The zero-order valence-electron chi connectivity index (χ0n) is 23.8. The molecule has 1 saturated heterocycles. The highest BCUT2D eigenvalue weighted by Gasteiger charge is 2.35. The molecule has 0 bridgehead atoms. The van der Waals surface area contributed by atoms with Crippen molar-refractivity contribution < 1.29 is 23.0 Å². The molecule has 2 aromatic rings. The zero-order chi connectivity index (χ0) is 28.3. The predicted molar refractivity (Wildman–Crippen MR) is 153 cm³/mol. The summed E-state index contributed by atoms with van der Waals surface area (Å²) in [6.45, 7) is 10.2. The molecule has 0 atom stereocenters. The van der Waals surface area contributed by atoms with Gasteiger partial charge in [-0.1, -0.05) is 32.0 Å². The Hall–Kier alpha value is -2.87. The molecule has 0 saturated carbocycles. The average molecular weight is 546 g/mol. The fourth-order valence-corrected chi connectivity index (χ4v) is 5.17. The Kier molecular flexibility index (Phi) is 11.8. The molecule has 1 fully saturated rings. The lowest BCUT2D eigenvalue weighted by molar-refractivity contribution is -0.142. The number of alkyl halides is 2. The number of primary amides is 1. The number of nitrogens with zero attached hydrogens (tertiary/aromatic N) is 2. The lowest BCUT2D eigenvalue weighted by atomic mass is 9.97. The molecule has 39 heavy (non-hydrogen) atoms. The van der Waals surface area contributed by atoms with E-state index in [2.05, 4.69) is 27.7 Å². The number of benzene rings is 2. The van der Waals surface area contributed by atoms with E-state index in [9.17, 15) is 13.6 Å². The Balaban J connectivity index is 0.000000203. The van der Waals surface area contributed by atoms with Crippen LogP contribution >= 0.6 is 0 Å². The lowest BCUT2D eigenvalue weighted by Gasteiger charge is -2.28. The van der Waals surface area contributed by atoms with Crippen LogP contribution in [0.25, 0.3) is 0 Å². The molecule has 2 N–H and O–H groups in total.